The minimum absolute atomic E-state index is 0.115. The maximum absolute atomic E-state index is 5.52. The van der Waals surface area contributed by atoms with Gasteiger partial charge in [-0.05, 0) is 23.7 Å². The molecular weight excluding hydrogens is 226 g/mol. The van der Waals surface area contributed by atoms with Gasteiger partial charge in [-0.25, -0.2) is 4.63 Å². The predicted octanol–water partition coefficient (Wildman–Crippen LogP) is 1.19. The Bertz CT molecular complexity index is 480. The molecule has 2 rings (SSSR count). The number of anilines is 1. The molecule has 2 heterocycles. The van der Waals surface area contributed by atoms with Gasteiger partial charge in [0.25, 0.3) is 5.89 Å². The maximum atomic E-state index is 5.52. The maximum Gasteiger partial charge on any atom is 0.284 e. The Kier molecular flexibility index (Phi) is 3.33. The van der Waals surface area contributed by atoms with Crippen molar-refractivity contribution < 1.29 is 13.9 Å². The van der Waals surface area contributed by atoms with Gasteiger partial charge in [0.15, 0.2) is 0 Å². The number of nitrogens with zero attached hydrogens (tertiary/aromatic N) is 4. The van der Waals surface area contributed by atoms with Crippen LogP contribution in [0, 0.1) is 0 Å². The van der Waals surface area contributed by atoms with Crippen LogP contribution in [0.3, 0.4) is 0 Å². The van der Waals surface area contributed by atoms with Gasteiger partial charge in [0, 0.05) is 6.61 Å². The van der Waals surface area contributed by atoms with Gasteiger partial charge in [0.05, 0.1) is 0 Å². The Morgan fingerprint density at radius 2 is 2.12 bits per heavy atom. The first-order valence-electron chi connectivity index (χ1n) is 5.29. The summed E-state index contributed by atoms with van der Waals surface area (Å²) in [6.45, 7) is 4.46. The molecule has 0 saturated heterocycles. The molecule has 0 fully saturated rings. The second kappa shape index (κ2) is 4.91. The summed E-state index contributed by atoms with van der Waals surface area (Å²) >= 11 is 0. The van der Waals surface area contributed by atoms with Crippen LogP contribution in [0.5, 0.6) is 0 Å². The van der Waals surface area contributed by atoms with Crippen LogP contribution in [0.2, 0.25) is 0 Å². The van der Waals surface area contributed by atoms with Crippen molar-refractivity contribution in [1.82, 2.24) is 20.5 Å². The Morgan fingerprint density at radius 3 is 2.71 bits per heavy atom. The van der Waals surface area contributed by atoms with Crippen LogP contribution in [-0.2, 0) is 4.74 Å². The molecule has 0 aliphatic carbocycles. The van der Waals surface area contributed by atoms with E-state index in [2.05, 4.69) is 25.1 Å². The molecule has 2 N–H and O–H groups in total. The second-order valence-corrected chi connectivity index (χ2v) is 3.31. The van der Waals surface area contributed by atoms with E-state index in [9.17, 15) is 0 Å². The highest BCUT2D eigenvalue weighted by atomic mass is 16.6. The molecule has 2 aromatic heterocycles. The lowest BCUT2D eigenvalue weighted by molar-refractivity contribution is 0.0518. The normalized spacial score (nSPS) is 12.8. The van der Waals surface area contributed by atoms with Gasteiger partial charge in [-0.1, -0.05) is 12.1 Å². The first-order chi connectivity index (χ1) is 8.26. The number of aromatic nitrogens is 4. The van der Waals surface area contributed by atoms with Gasteiger partial charge >= 0.3 is 0 Å². The average Bonchev–Trinajstić information content (AvgIpc) is 2.94. The summed E-state index contributed by atoms with van der Waals surface area (Å²) < 4.78 is 15.0. The molecule has 0 aliphatic heterocycles. The van der Waals surface area contributed by atoms with Crippen LogP contribution in [0.25, 0.3) is 11.6 Å². The fourth-order valence-corrected chi connectivity index (χ4v) is 1.38. The summed E-state index contributed by atoms with van der Waals surface area (Å²) in [4.78, 5) is 4.16. The quantitative estimate of drug-likeness (QED) is 0.827. The van der Waals surface area contributed by atoms with Crippen LogP contribution in [0.4, 0.5) is 5.82 Å². The molecule has 0 saturated carbocycles. The highest BCUT2D eigenvalue weighted by Crippen LogP contribution is 2.24. The third-order valence-corrected chi connectivity index (χ3v) is 2.18. The topological polar surface area (TPSA) is 113 Å². The number of nitrogen functional groups attached to an aromatic ring is 1. The Morgan fingerprint density at radius 1 is 1.29 bits per heavy atom. The first kappa shape index (κ1) is 11.5. The Labute approximate surface area is 97.1 Å². The molecule has 1 unspecified atom stereocenters. The van der Waals surface area contributed by atoms with E-state index in [1.807, 2.05) is 13.8 Å². The summed E-state index contributed by atoms with van der Waals surface area (Å²) in [7, 11) is 0. The third-order valence-electron chi connectivity index (χ3n) is 2.18. The molecule has 0 bridgehead atoms. The fraction of sp³-hybridized carbons (Fsp3) is 0.556. The van der Waals surface area contributed by atoms with E-state index in [0.717, 1.165) is 6.42 Å². The Hall–Kier alpha value is -1.96. The zero-order chi connectivity index (χ0) is 12.3. The number of ether oxygens (including phenoxy) is 1. The van der Waals surface area contributed by atoms with Crippen LogP contribution in [0.15, 0.2) is 9.15 Å². The average molecular weight is 239 g/mol. The van der Waals surface area contributed by atoms with E-state index in [4.69, 9.17) is 15.0 Å². The van der Waals surface area contributed by atoms with Crippen molar-refractivity contribution in [1.29, 1.82) is 0 Å². The molecular formula is C9H13N5O3. The second-order valence-electron chi connectivity index (χ2n) is 3.31. The summed E-state index contributed by atoms with van der Waals surface area (Å²) in [6, 6.07) is 0. The van der Waals surface area contributed by atoms with Gasteiger partial charge in [-0.15, -0.1) is 0 Å². The monoisotopic (exact) mass is 239 g/mol. The highest BCUT2D eigenvalue weighted by molar-refractivity contribution is 5.60. The SMILES string of the molecule is CCOC(CC)c1noc(-c2nonc2N)n1. The largest absolute Gasteiger partial charge is 0.379 e. The lowest BCUT2D eigenvalue weighted by Crippen LogP contribution is -2.04. The molecule has 0 spiro atoms. The molecule has 92 valence electrons. The van der Waals surface area contributed by atoms with Gasteiger partial charge < -0.3 is 15.0 Å². The van der Waals surface area contributed by atoms with Crippen LogP contribution >= 0.6 is 0 Å². The van der Waals surface area contributed by atoms with Gasteiger partial charge in [0.1, 0.15) is 6.10 Å². The van der Waals surface area contributed by atoms with Gasteiger partial charge in [-0.2, -0.15) is 4.98 Å². The number of hydrogen-bond acceptors (Lipinski definition) is 8. The third kappa shape index (κ3) is 2.26. The number of rotatable bonds is 5. The van der Waals surface area contributed by atoms with Gasteiger partial charge in [-0.3, -0.25) is 0 Å². The molecule has 8 nitrogen and oxygen atoms in total. The van der Waals surface area contributed by atoms with Crippen molar-refractivity contribution in [3.05, 3.63) is 5.82 Å². The highest BCUT2D eigenvalue weighted by Gasteiger charge is 2.21. The lowest BCUT2D eigenvalue weighted by Gasteiger charge is -2.09. The van der Waals surface area contributed by atoms with Crippen LogP contribution < -0.4 is 5.73 Å². The molecule has 0 aliphatic rings. The van der Waals surface area contributed by atoms with Crippen molar-refractivity contribution in [3.8, 4) is 11.6 Å². The summed E-state index contributed by atoms with van der Waals surface area (Å²) in [5.74, 6) is 0.758. The minimum Gasteiger partial charge on any atom is -0.379 e. The van der Waals surface area contributed by atoms with Gasteiger partial charge in [0.2, 0.25) is 17.3 Å². The van der Waals surface area contributed by atoms with E-state index in [1.165, 1.54) is 0 Å². The van der Waals surface area contributed by atoms with Crippen molar-refractivity contribution in [2.24, 2.45) is 0 Å². The van der Waals surface area contributed by atoms with E-state index >= 15 is 0 Å². The summed E-state index contributed by atoms with van der Waals surface area (Å²) in [6.07, 6.45) is 0.554. The lowest BCUT2D eigenvalue weighted by atomic mass is 10.2. The molecule has 8 heteroatoms. The number of hydrogen-bond donors (Lipinski definition) is 1. The molecule has 0 radical (unpaired) electrons. The minimum atomic E-state index is -0.196. The van der Waals surface area contributed by atoms with Crippen LogP contribution in [-0.4, -0.2) is 27.1 Å². The van der Waals surface area contributed by atoms with E-state index < -0.39 is 0 Å². The zero-order valence-electron chi connectivity index (χ0n) is 9.58. The van der Waals surface area contributed by atoms with Crippen molar-refractivity contribution in [2.75, 3.05) is 12.3 Å². The van der Waals surface area contributed by atoms with E-state index in [0.29, 0.717) is 12.4 Å². The van der Waals surface area contributed by atoms with Crippen LogP contribution in [0.1, 0.15) is 32.2 Å². The number of nitrogens with two attached hydrogens (primary N) is 1. The van der Waals surface area contributed by atoms with Crippen molar-refractivity contribution in [3.63, 3.8) is 0 Å². The summed E-state index contributed by atoms with van der Waals surface area (Å²) in [5, 5.41) is 10.8. The van der Waals surface area contributed by atoms with E-state index in [1.54, 1.807) is 0 Å². The Balaban J connectivity index is 2.24. The first-order valence-corrected chi connectivity index (χ1v) is 5.29. The smallest absolute Gasteiger partial charge is 0.284 e. The molecule has 17 heavy (non-hydrogen) atoms. The zero-order valence-corrected chi connectivity index (χ0v) is 9.58. The van der Waals surface area contributed by atoms with Crippen molar-refractivity contribution in [2.45, 2.75) is 26.4 Å². The standard InChI is InChI=1S/C9H13N5O3/c1-3-5(15-4-2)8-11-9(16-14-8)6-7(10)13-17-12-6/h5H,3-4H2,1-2H3,(H2,10,13). The summed E-state index contributed by atoms with van der Waals surface area (Å²) in [5.41, 5.74) is 5.77. The fourth-order valence-electron chi connectivity index (χ4n) is 1.38. The van der Waals surface area contributed by atoms with Crippen molar-refractivity contribution >= 4 is 5.82 Å². The van der Waals surface area contributed by atoms with E-state index in [-0.39, 0.29) is 23.5 Å². The molecule has 0 aromatic carbocycles. The predicted molar refractivity (Wildman–Crippen MR) is 56.7 cm³/mol. The molecule has 2 aromatic rings. The molecule has 0 amide bonds. The molecule has 1 atom stereocenters.